The summed E-state index contributed by atoms with van der Waals surface area (Å²) in [6, 6.07) is 3.27. The summed E-state index contributed by atoms with van der Waals surface area (Å²) >= 11 is 0. The Morgan fingerprint density at radius 2 is 1.27 bits per heavy atom. The molecule has 33 heavy (non-hydrogen) atoms. The molecule has 0 aromatic heterocycles. The SMILES string of the molecule is CC(CC1OC[C@@H](C)N(C(C)CC2O[C@H](C)CN(C(C)C)[C@H]2C)[C@@H]1C)N1C[C@H](C)OC[C@H]1C. The van der Waals surface area contributed by atoms with Crippen LogP contribution in [0.15, 0.2) is 0 Å². The summed E-state index contributed by atoms with van der Waals surface area (Å²) in [5.74, 6) is 0. The van der Waals surface area contributed by atoms with E-state index in [1.54, 1.807) is 0 Å². The van der Waals surface area contributed by atoms with Crippen molar-refractivity contribution < 1.29 is 14.2 Å². The van der Waals surface area contributed by atoms with Crippen molar-refractivity contribution >= 4 is 0 Å². The van der Waals surface area contributed by atoms with Crippen molar-refractivity contribution in [1.29, 1.82) is 0 Å². The molecule has 0 amide bonds. The van der Waals surface area contributed by atoms with Crippen molar-refractivity contribution in [3.05, 3.63) is 0 Å². The van der Waals surface area contributed by atoms with Crippen LogP contribution in [0.25, 0.3) is 0 Å². The average Bonchev–Trinajstić information content (AvgIpc) is 2.74. The number of hydrogen-bond donors (Lipinski definition) is 0. The molecule has 0 N–H and O–H groups in total. The van der Waals surface area contributed by atoms with Gasteiger partial charge in [-0.3, -0.25) is 14.7 Å². The number of hydrogen-bond acceptors (Lipinski definition) is 6. The molecule has 3 fully saturated rings. The highest BCUT2D eigenvalue weighted by molar-refractivity contribution is 4.94. The smallest absolute Gasteiger partial charge is 0.0746 e. The first-order valence-electron chi connectivity index (χ1n) is 13.7. The van der Waals surface area contributed by atoms with Gasteiger partial charge >= 0.3 is 0 Å². The number of ether oxygens (including phenoxy) is 3. The van der Waals surface area contributed by atoms with E-state index in [0.717, 1.165) is 39.1 Å². The summed E-state index contributed by atoms with van der Waals surface area (Å²) in [5.41, 5.74) is 0. The first-order chi connectivity index (χ1) is 15.5. The van der Waals surface area contributed by atoms with Crippen LogP contribution >= 0.6 is 0 Å². The van der Waals surface area contributed by atoms with Gasteiger partial charge in [-0.05, 0) is 82.1 Å². The Bertz CT molecular complexity index is 605. The molecule has 0 aromatic rings. The molecular formula is C27H53N3O3. The minimum absolute atomic E-state index is 0.264. The highest BCUT2D eigenvalue weighted by Crippen LogP contribution is 2.31. The molecule has 6 nitrogen and oxygen atoms in total. The second kappa shape index (κ2) is 11.7. The van der Waals surface area contributed by atoms with Crippen LogP contribution in [0.1, 0.15) is 82.1 Å². The molecule has 0 aliphatic carbocycles. The molecule has 3 heterocycles. The summed E-state index contributed by atoms with van der Waals surface area (Å²) in [6.07, 6.45) is 3.30. The maximum Gasteiger partial charge on any atom is 0.0746 e. The Labute approximate surface area is 204 Å². The third-order valence-electron chi connectivity index (χ3n) is 8.55. The molecule has 3 rings (SSSR count). The number of rotatable bonds is 7. The number of morpholine rings is 3. The maximum atomic E-state index is 6.49. The summed E-state index contributed by atoms with van der Waals surface area (Å²) < 4.78 is 18.8. The molecule has 0 saturated carbocycles. The quantitative estimate of drug-likeness (QED) is 0.563. The van der Waals surface area contributed by atoms with E-state index in [2.05, 4.69) is 83.9 Å². The van der Waals surface area contributed by atoms with Crippen LogP contribution in [0.3, 0.4) is 0 Å². The van der Waals surface area contributed by atoms with Gasteiger partial charge in [0, 0.05) is 55.4 Å². The highest BCUT2D eigenvalue weighted by Gasteiger charge is 2.41. The Hall–Kier alpha value is -0.240. The molecule has 6 heteroatoms. The standard InChI is InChI=1S/C27H53N3O3/c1-17(2)28-14-23(8)33-27(24(28)9)12-19(4)30-21(6)16-32-26(25(30)10)11-18(3)29-13-22(7)31-15-20(29)5/h17-27H,11-16H2,1-10H3/t18?,19?,20-,21-,22+,23-,24+,25-,26?,27?/m1/s1. The lowest BCUT2D eigenvalue weighted by molar-refractivity contribution is -0.147. The van der Waals surface area contributed by atoms with E-state index in [0.29, 0.717) is 54.5 Å². The van der Waals surface area contributed by atoms with E-state index in [-0.39, 0.29) is 12.2 Å². The molecular weight excluding hydrogens is 414 g/mol. The van der Waals surface area contributed by atoms with Crippen LogP contribution in [0.5, 0.6) is 0 Å². The molecule has 10 atom stereocenters. The lowest BCUT2D eigenvalue weighted by Gasteiger charge is -2.50. The molecule has 4 unspecified atom stereocenters. The summed E-state index contributed by atoms with van der Waals surface area (Å²) in [4.78, 5) is 7.96. The Morgan fingerprint density at radius 1 is 0.667 bits per heavy atom. The van der Waals surface area contributed by atoms with Crippen LogP contribution in [0.2, 0.25) is 0 Å². The van der Waals surface area contributed by atoms with E-state index in [1.165, 1.54) is 0 Å². The minimum Gasteiger partial charge on any atom is -0.376 e. The Kier molecular flexibility index (Phi) is 9.67. The molecule has 194 valence electrons. The van der Waals surface area contributed by atoms with Gasteiger partial charge in [-0.15, -0.1) is 0 Å². The van der Waals surface area contributed by atoms with Crippen LogP contribution in [-0.2, 0) is 14.2 Å². The summed E-state index contributed by atoms with van der Waals surface area (Å²) in [7, 11) is 0. The fourth-order valence-electron chi connectivity index (χ4n) is 6.72. The Balaban J connectivity index is 1.63. The van der Waals surface area contributed by atoms with Gasteiger partial charge < -0.3 is 14.2 Å². The topological polar surface area (TPSA) is 37.4 Å². The fraction of sp³-hybridized carbons (Fsp3) is 1.00. The second-order valence-electron chi connectivity index (χ2n) is 11.8. The van der Waals surface area contributed by atoms with Gasteiger partial charge in [0.2, 0.25) is 0 Å². The van der Waals surface area contributed by atoms with Gasteiger partial charge in [-0.1, -0.05) is 0 Å². The molecule has 0 radical (unpaired) electrons. The van der Waals surface area contributed by atoms with Crippen LogP contribution in [0.4, 0.5) is 0 Å². The molecule has 3 saturated heterocycles. The van der Waals surface area contributed by atoms with Crippen LogP contribution < -0.4 is 0 Å². The van der Waals surface area contributed by atoms with Gasteiger partial charge in [0.1, 0.15) is 0 Å². The van der Waals surface area contributed by atoms with Gasteiger partial charge in [0.25, 0.3) is 0 Å². The van der Waals surface area contributed by atoms with Gasteiger partial charge in [-0.2, -0.15) is 0 Å². The van der Waals surface area contributed by atoms with Gasteiger partial charge in [-0.25, -0.2) is 0 Å². The molecule has 0 aromatic carbocycles. The van der Waals surface area contributed by atoms with Crippen molar-refractivity contribution in [2.24, 2.45) is 0 Å². The number of nitrogens with zero attached hydrogens (tertiary/aromatic N) is 3. The van der Waals surface area contributed by atoms with Crippen molar-refractivity contribution in [3.63, 3.8) is 0 Å². The van der Waals surface area contributed by atoms with E-state index >= 15 is 0 Å². The third-order valence-corrected chi connectivity index (χ3v) is 8.55. The normalized spacial score (nSPS) is 41.9. The van der Waals surface area contributed by atoms with Gasteiger partial charge in [0.05, 0.1) is 37.6 Å². The predicted molar refractivity (Wildman–Crippen MR) is 136 cm³/mol. The summed E-state index contributed by atoms with van der Waals surface area (Å²) in [6.45, 7) is 26.8. The zero-order valence-corrected chi connectivity index (χ0v) is 23.2. The zero-order chi connectivity index (χ0) is 24.4. The van der Waals surface area contributed by atoms with Crippen molar-refractivity contribution in [3.8, 4) is 0 Å². The largest absolute Gasteiger partial charge is 0.376 e. The molecule has 3 aliphatic heterocycles. The lowest BCUT2D eigenvalue weighted by Crippen LogP contribution is -2.61. The first-order valence-corrected chi connectivity index (χ1v) is 13.7. The fourth-order valence-corrected chi connectivity index (χ4v) is 6.72. The molecule has 0 spiro atoms. The van der Waals surface area contributed by atoms with E-state index in [9.17, 15) is 0 Å². The zero-order valence-electron chi connectivity index (χ0n) is 23.2. The lowest BCUT2D eigenvalue weighted by atomic mass is 9.93. The van der Waals surface area contributed by atoms with Crippen LogP contribution in [-0.4, -0.2) is 108 Å². The molecule has 3 aliphatic rings. The maximum absolute atomic E-state index is 6.49. The second-order valence-corrected chi connectivity index (χ2v) is 11.8. The van der Waals surface area contributed by atoms with Crippen molar-refractivity contribution in [1.82, 2.24) is 14.7 Å². The van der Waals surface area contributed by atoms with Crippen LogP contribution in [0, 0.1) is 0 Å². The van der Waals surface area contributed by atoms with E-state index in [4.69, 9.17) is 14.2 Å². The van der Waals surface area contributed by atoms with Crippen molar-refractivity contribution in [2.45, 2.75) is 149 Å². The van der Waals surface area contributed by atoms with Gasteiger partial charge in [0.15, 0.2) is 0 Å². The minimum atomic E-state index is 0.264. The summed E-state index contributed by atoms with van der Waals surface area (Å²) in [5, 5.41) is 0. The Morgan fingerprint density at radius 3 is 1.94 bits per heavy atom. The monoisotopic (exact) mass is 467 g/mol. The predicted octanol–water partition coefficient (Wildman–Crippen LogP) is 4.02. The molecule has 0 bridgehead atoms. The van der Waals surface area contributed by atoms with E-state index < -0.39 is 0 Å². The van der Waals surface area contributed by atoms with Crippen molar-refractivity contribution in [2.75, 3.05) is 26.3 Å². The average molecular weight is 468 g/mol. The highest BCUT2D eigenvalue weighted by atomic mass is 16.5. The third kappa shape index (κ3) is 6.50. The van der Waals surface area contributed by atoms with E-state index in [1.807, 2.05) is 0 Å². The first kappa shape index (κ1) is 27.3.